The van der Waals surface area contributed by atoms with Gasteiger partial charge in [-0.2, -0.15) is 0 Å². The molecule has 158 valence electrons. The molecule has 0 spiro atoms. The van der Waals surface area contributed by atoms with E-state index in [2.05, 4.69) is 74.7 Å². The molecule has 0 saturated carbocycles. The van der Waals surface area contributed by atoms with Gasteiger partial charge in [0.1, 0.15) is 16.1 Å². The molecule has 0 unspecified atom stereocenters. The molecule has 0 aliphatic carbocycles. The molecule has 0 saturated heterocycles. The highest BCUT2D eigenvalue weighted by molar-refractivity contribution is 8.08. The number of allylic oxidation sites excluding steroid dienone is 2. The van der Waals surface area contributed by atoms with Crippen molar-refractivity contribution in [2.24, 2.45) is 0 Å². The van der Waals surface area contributed by atoms with Crippen molar-refractivity contribution < 1.29 is 9.47 Å². The van der Waals surface area contributed by atoms with Crippen LogP contribution in [-0.4, -0.2) is 42.9 Å². The molecular weight excluding hydrogens is 449 g/mol. The van der Waals surface area contributed by atoms with Crippen LogP contribution in [0.5, 0.6) is 11.5 Å². The van der Waals surface area contributed by atoms with E-state index >= 15 is 0 Å². The Kier molecular flexibility index (Phi) is 10.3. The minimum Gasteiger partial charge on any atom is -0.491 e. The molecule has 2 nitrogen and oxygen atoms in total. The molecule has 0 aliphatic rings. The van der Waals surface area contributed by atoms with Crippen LogP contribution in [0, 0.1) is 22.9 Å². The molecule has 29 heavy (non-hydrogen) atoms. The molecule has 0 N–H and O–H groups in total. The minimum absolute atomic E-state index is 0.765. The molecule has 0 aliphatic heterocycles. The van der Waals surface area contributed by atoms with E-state index in [0.29, 0.717) is 0 Å². The average molecular weight is 481 g/mol. The van der Waals surface area contributed by atoms with Gasteiger partial charge in [0.15, 0.2) is 11.5 Å². The van der Waals surface area contributed by atoms with Gasteiger partial charge in [-0.05, 0) is 12.5 Å². The van der Waals surface area contributed by atoms with Crippen molar-refractivity contribution in [3.05, 3.63) is 21.9 Å². The fourth-order valence-electron chi connectivity index (χ4n) is 2.17. The first-order valence-corrected chi connectivity index (χ1v) is 19.5. The fraction of sp³-hybridized carbons (Fsp3) is 0.455. The summed E-state index contributed by atoms with van der Waals surface area (Å²) < 4.78 is 11.5. The number of rotatable bonds is 6. The summed E-state index contributed by atoms with van der Waals surface area (Å²) in [6.07, 6.45) is 8.15. The van der Waals surface area contributed by atoms with Crippen LogP contribution in [0.1, 0.15) is 9.75 Å². The highest BCUT2D eigenvalue weighted by atomic mass is 32.2. The summed E-state index contributed by atoms with van der Waals surface area (Å²) in [6, 6.07) is 0. The molecule has 7 heteroatoms. The van der Waals surface area contributed by atoms with E-state index in [-0.39, 0.29) is 0 Å². The first-order valence-electron chi connectivity index (χ1n) is 9.26. The fourth-order valence-corrected chi connectivity index (χ4v) is 5.90. The number of ether oxygens (including phenoxy) is 2. The van der Waals surface area contributed by atoms with Gasteiger partial charge in [-0.25, -0.2) is 0 Å². The van der Waals surface area contributed by atoms with E-state index in [1.807, 2.05) is 12.2 Å². The zero-order valence-corrected chi connectivity index (χ0v) is 23.6. The van der Waals surface area contributed by atoms with Gasteiger partial charge >= 0.3 is 0 Å². The molecule has 1 aromatic rings. The van der Waals surface area contributed by atoms with Crippen LogP contribution in [0.4, 0.5) is 0 Å². The van der Waals surface area contributed by atoms with Gasteiger partial charge in [-0.1, -0.05) is 51.1 Å². The third kappa shape index (κ3) is 8.35. The first kappa shape index (κ1) is 26.1. The molecule has 1 aromatic heterocycles. The summed E-state index contributed by atoms with van der Waals surface area (Å²) in [5, 5.41) is 0. The van der Waals surface area contributed by atoms with Crippen molar-refractivity contribution in [2.45, 2.75) is 39.3 Å². The van der Waals surface area contributed by atoms with E-state index in [9.17, 15) is 0 Å². The van der Waals surface area contributed by atoms with E-state index in [4.69, 9.17) is 9.47 Å². The van der Waals surface area contributed by atoms with Gasteiger partial charge in [-0.15, -0.1) is 45.9 Å². The van der Waals surface area contributed by atoms with E-state index in [1.54, 1.807) is 49.1 Å². The maximum Gasteiger partial charge on any atom is 0.180 e. The first-order chi connectivity index (χ1) is 13.5. The van der Waals surface area contributed by atoms with Crippen molar-refractivity contribution >= 4 is 60.8 Å². The Balaban J connectivity index is 3.58. The monoisotopic (exact) mass is 480 g/mol. The maximum atomic E-state index is 5.76. The number of thiophene rings is 1. The smallest absolute Gasteiger partial charge is 0.180 e. The summed E-state index contributed by atoms with van der Waals surface area (Å²) in [5.41, 5.74) is 6.81. The van der Waals surface area contributed by atoms with Crippen LogP contribution >= 0.6 is 34.9 Å². The second-order valence-corrected chi connectivity index (χ2v) is 20.5. The topological polar surface area (TPSA) is 18.5 Å². The van der Waals surface area contributed by atoms with Crippen LogP contribution in [-0.2, 0) is 0 Å². The Morgan fingerprint density at radius 3 is 1.34 bits per heavy atom. The quantitative estimate of drug-likeness (QED) is 0.324. The van der Waals surface area contributed by atoms with Crippen molar-refractivity contribution in [1.82, 2.24) is 0 Å². The Morgan fingerprint density at radius 1 is 0.759 bits per heavy atom. The summed E-state index contributed by atoms with van der Waals surface area (Å²) in [7, 11) is 0.546. The van der Waals surface area contributed by atoms with Crippen molar-refractivity contribution in [3.63, 3.8) is 0 Å². The lowest BCUT2D eigenvalue weighted by atomic mass is 10.3. The molecule has 0 fully saturated rings. The molecular formula is C22H32O2S3Si2. The number of thioether (sulfide) groups is 2. The highest BCUT2D eigenvalue weighted by Crippen LogP contribution is 2.51. The van der Waals surface area contributed by atoms with Gasteiger partial charge in [0.25, 0.3) is 0 Å². The normalized spacial score (nSPS) is 12.6. The SMILES string of the molecule is COc1c(/C(=C/C#C[Si](C)(C)C)SC)sc(/C(=C/C#C[Si](C)(C)C)SC)c1OC. The van der Waals surface area contributed by atoms with Crippen LogP contribution in [0.3, 0.4) is 0 Å². The second-order valence-electron chi connectivity index (χ2n) is 8.29. The summed E-state index contributed by atoms with van der Waals surface area (Å²) in [5.74, 6) is 8.07. The number of methoxy groups -OCH3 is 2. The Bertz CT molecular complexity index is 821. The van der Waals surface area contributed by atoms with Crippen molar-refractivity contribution in [2.75, 3.05) is 26.7 Å². The second kappa shape index (κ2) is 11.4. The molecule has 0 radical (unpaired) electrons. The predicted octanol–water partition coefficient (Wildman–Crippen LogP) is 6.93. The van der Waals surface area contributed by atoms with Gasteiger partial charge < -0.3 is 9.47 Å². The van der Waals surface area contributed by atoms with E-state index in [0.717, 1.165) is 31.1 Å². The zero-order chi connectivity index (χ0) is 22.2. The molecule has 0 bridgehead atoms. The Labute approximate surface area is 191 Å². The lowest BCUT2D eigenvalue weighted by Gasteiger charge is -2.07. The van der Waals surface area contributed by atoms with Gasteiger partial charge in [0.05, 0.1) is 24.0 Å². The predicted molar refractivity (Wildman–Crippen MR) is 143 cm³/mol. The average Bonchev–Trinajstić information content (AvgIpc) is 2.98. The lowest BCUT2D eigenvalue weighted by Crippen LogP contribution is -2.16. The van der Waals surface area contributed by atoms with Crippen LogP contribution in [0.25, 0.3) is 9.81 Å². The lowest BCUT2D eigenvalue weighted by molar-refractivity contribution is 0.357. The van der Waals surface area contributed by atoms with Crippen LogP contribution in [0.15, 0.2) is 12.2 Å². The third-order valence-electron chi connectivity index (χ3n) is 3.42. The molecule has 0 amide bonds. The molecule has 1 heterocycles. The van der Waals surface area contributed by atoms with Crippen molar-refractivity contribution in [1.29, 1.82) is 0 Å². The zero-order valence-electron chi connectivity index (χ0n) is 19.2. The van der Waals surface area contributed by atoms with Crippen LogP contribution < -0.4 is 9.47 Å². The minimum atomic E-state index is -1.42. The van der Waals surface area contributed by atoms with Gasteiger partial charge in [0.2, 0.25) is 0 Å². The summed E-state index contributed by atoms with van der Waals surface area (Å²) in [6.45, 7) is 13.5. The van der Waals surface area contributed by atoms with E-state index in [1.165, 1.54) is 0 Å². The summed E-state index contributed by atoms with van der Waals surface area (Å²) in [4.78, 5) is 4.29. The molecule has 0 atom stereocenters. The third-order valence-corrected chi connectivity index (χ3v) is 8.21. The van der Waals surface area contributed by atoms with Gasteiger partial charge in [0, 0.05) is 22.0 Å². The molecule has 0 aromatic carbocycles. The Hall–Kier alpha value is -0.966. The highest BCUT2D eigenvalue weighted by Gasteiger charge is 2.24. The Morgan fingerprint density at radius 2 is 1.10 bits per heavy atom. The van der Waals surface area contributed by atoms with Gasteiger partial charge in [-0.3, -0.25) is 0 Å². The number of hydrogen-bond donors (Lipinski definition) is 0. The molecule has 1 rings (SSSR count). The largest absolute Gasteiger partial charge is 0.491 e. The van der Waals surface area contributed by atoms with Crippen molar-refractivity contribution in [3.8, 4) is 34.4 Å². The maximum absolute atomic E-state index is 5.76. The van der Waals surface area contributed by atoms with E-state index < -0.39 is 16.1 Å². The summed E-state index contributed by atoms with van der Waals surface area (Å²) >= 11 is 5.03. The standard InChI is InChI=1S/C22H32O2S3Si2/c1-23-19-20(24-2)22(18(26-4)14-12-16-29(8,9)10)27-21(19)17(25-3)13-11-15-28(5,6)7/h13-14H,1-10H3/b17-13-,18-14-. The number of hydrogen-bond acceptors (Lipinski definition) is 5. The van der Waals surface area contributed by atoms with Crippen LogP contribution in [0.2, 0.25) is 39.3 Å².